The summed E-state index contributed by atoms with van der Waals surface area (Å²) >= 11 is 0. The molecule has 0 N–H and O–H groups in total. The molecule has 0 saturated carbocycles. The largest absolute Gasteiger partial charge is 0.341 e. The van der Waals surface area contributed by atoms with Crippen LogP contribution in [0.15, 0.2) is 30.6 Å². The van der Waals surface area contributed by atoms with Crippen molar-refractivity contribution < 1.29 is 9.59 Å². The third kappa shape index (κ3) is 3.34. The van der Waals surface area contributed by atoms with Gasteiger partial charge in [0.1, 0.15) is 0 Å². The van der Waals surface area contributed by atoms with Gasteiger partial charge in [0, 0.05) is 44.6 Å². The summed E-state index contributed by atoms with van der Waals surface area (Å²) in [6.07, 6.45) is 5.56. The standard InChI is InChI=1S/C20H25N5O2/c1-15-16(12-23(2)22-15)11-18(26)25-10-7-20(14-25)6-9-24(19(20)27)13-17-5-3-4-8-21-17/h3-5,8,12H,6-7,9-11,13-14H2,1-2H3. The zero-order valence-corrected chi connectivity index (χ0v) is 15.9. The summed E-state index contributed by atoms with van der Waals surface area (Å²) in [6.45, 7) is 4.39. The lowest BCUT2D eigenvalue weighted by Crippen LogP contribution is -2.38. The molecule has 0 radical (unpaired) electrons. The topological polar surface area (TPSA) is 71.3 Å². The second-order valence-electron chi connectivity index (χ2n) is 7.73. The van der Waals surface area contributed by atoms with Crippen molar-refractivity contribution in [2.75, 3.05) is 19.6 Å². The molecule has 2 aromatic rings. The molecule has 2 saturated heterocycles. The SMILES string of the molecule is Cc1nn(C)cc1CC(=O)N1CCC2(CCN(Cc3ccccn3)C2=O)C1. The van der Waals surface area contributed by atoms with Gasteiger partial charge in [0.25, 0.3) is 0 Å². The van der Waals surface area contributed by atoms with Gasteiger partial charge in [0.2, 0.25) is 11.8 Å². The van der Waals surface area contributed by atoms with E-state index in [-0.39, 0.29) is 11.8 Å². The maximum Gasteiger partial charge on any atom is 0.231 e. The van der Waals surface area contributed by atoms with Gasteiger partial charge in [-0.1, -0.05) is 6.07 Å². The number of carbonyl (C=O) groups is 2. The highest BCUT2D eigenvalue weighted by atomic mass is 16.2. The summed E-state index contributed by atoms with van der Waals surface area (Å²) < 4.78 is 1.74. The molecular formula is C20H25N5O2. The van der Waals surface area contributed by atoms with Gasteiger partial charge in [-0.3, -0.25) is 19.3 Å². The third-order valence-electron chi connectivity index (χ3n) is 5.84. The predicted octanol–water partition coefficient (Wildman–Crippen LogP) is 1.32. The van der Waals surface area contributed by atoms with Gasteiger partial charge in [-0.15, -0.1) is 0 Å². The third-order valence-corrected chi connectivity index (χ3v) is 5.84. The van der Waals surface area contributed by atoms with Crippen LogP contribution in [0.4, 0.5) is 0 Å². The highest BCUT2D eigenvalue weighted by Crippen LogP contribution is 2.41. The van der Waals surface area contributed by atoms with Gasteiger partial charge in [-0.25, -0.2) is 0 Å². The average molecular weight is 367 g/mol. The van der Waals surface area contributed by atoms with Crippen LogP contribution >= 0.6 is 0 Å². The minimum Gasteiger partial charge on any atom is -0.341 e. The predicted molar refractivity (Wildman–Crippen MR) is 99.6 cm³/mol. The molecule has 0 bridgehead atoms. The Balaban J connectivity index is 1.40. The van der Waals surface area contributed by atoms with E-state index in [0.717, 1.165) is 36.3 Å². The van der Waals surface area contributed by atoms with Crippen molar-refractivity contribution >= 4 is 11.8 Å². The van der Waals surface area contributed by atoms with E-state index in [0.29, 0.717) is 26.1 Å². The molecule has 2 fully saturated rings. The Morgan fingerprint density at radius 2 is 2.07 bits per heavy atom. The molecule has 0 aliphatic carbocycles. The van der Waals surface area contributed by atoms with Crippen molar-refractivity contribution in [3.05, 3.63) is 47.5 Å². The van der Waals surface area contributed by atoms with Gasteiger partial charge < -0.3 is 9.80 Å². The van der Waals surface area contributed by atoms with Crippen LogP contribution in [-0.2, 0) is 29.6 Å². The van der Waals surface area contributed by atoms with E-state index in [1.165, 1.54) is 0 Å². The molecular weight excluding hydrogens is 342 g/mol. The van der Waals surface area contributed by atoms with E-state index in [2.05, 4.69) is 10.1 Å². The first kappa shape index (κ1) is 17.7. The fourth-order valence-corrected chi connectivity index (χ4v) is 4.29. The number of aryl methyl sites for hydroxylation is 2. The fraction of sp³-hybridized carbons (Fsp3) is 0.500. The second-order valence-corrected chi connectivity index (χ2v) is 7.73. The number of carbonyl (C=O) groups excluding carboxylic acids is 2. The van der Waals surface area contributed by atoms with Crippen molar-refractivity contribution in [2.24, 2.45) is 12.5 Å². The molecule has 0 aromatic carbocycles. The van der Waals surface area contributed by atoms with Crippen LogP contribution in [0.5, 0.6) is 0 Å². The molecule has 2 amide bonds. The summed E-state index contributed by atoms with van der Waals surface area (Å²) in [6, 6.07) is 5.76. The summed E-state index contributed by atoms with van der Waals surface area (Å²) in [5.74, 6) is 0.250. The van der Waals surface area contributed by atoms with Crippen molar-refractivity contribution in [3.8, 4) is 0 Å². The summed E-state index contributed by atoms with van der Waals surface area (Å²) in [5.41, 5.74) is 2.34. The van der Waals surface area contributed by atoms with E-state index >= 15 is 0 Å². The molecule has 27 heavy (non-hydrogen) atoms. The molecule has 1 unspecified atom stereocenters. The quantitative estimate of drug-likeness (QED) is 0.817. The Morgan fingerprint density at radius 3 is 2.78 bits per heavy atom. The van der Waals surface area contributed by atoms with E-state index in [9.17, 15) is 9.59 Å². The number of hydrogen-bond acceptors (Lipinski definition) is 4. The monoisotopic (exact) mass is 367 g/mol. The first-order valence-corrected chi connectivity index (χ1v) is 9.43. The van der Waals surface area contributed by atoms with Crippen molar-refractivity contribution in [2.45, 2.75) is 32.7 Å². The molecule has 7 heteroatoms. The molecule has 142 valence electrons. The van der Waals surface area contributed by atoms with Crippen molar-refractivity contribution in [1.82, 2.24) is 24.6 Å². The highest BCUT2D eigenvalue weighted by molar-refractivity contribution is 5.87. The normalized spacial score (nSPS) is 22.2. The van der Waals surface area contributed by atoms with Crippen LogP contribution in [0, 0.1) is 12.3 Å². The molecule has 4 heterocycles. The minimum absolute atomic E-state index is 0.0824. The zero-order valence-electron chi connectivity index (χ0n) is 15.9. The van der Waals surface area contributed by atoms with Crippen molar-refractivity contribution in [3.63, 3.8) is 0 Å². The van der Waals surface area contributed by atoms with Crippen LogP contribution in [0.3, 0.4) is 0 Å². The van der Waals surface area contributed by atoms with Crippen LogP contribution in [0.25, 0.3) is 0 Å². The Hall–Kier alpha value is -2.70. The highest BCUT2D eigenvalue weighted by Gasteiger charge is 2.51. The Kier molecular flexibility index (Phi) is 4.45. The number of rotatable bonds is 4. The van der Waals surface area contributed by atoms with Gasteiger partial charge in [-0.05, 0) is 31.9 Å². The molecule has 1 atom stereocenters. The summed E-state index contributed by atoms with van der Waals surface area (Å²) in [4.78, 5) is 33.9. The molecule has 2 aliphatic heterocycles. The first-order valence-electron chi connectivity index (χ1n) is 9.43. The first-order chi connectivity index (χ1) is 13.0. The average Bonchev–Trinajstić information content (AvgIpc) is 3.31. The minimum atomic E-state index is -0.408. The van der Waals surface area contributed by atoms with E-state index in [1.807, 2.05) is 48.2 Å². The maximum atomic E-state index is 13.1. The fourth-order valence-electron chi connectivity index (χ4n) is 4.29. The number of hydrogen-bond donors (Lipinski definition) is 0. The molecule has 2 aliphatic rings. The van der Waals surface area contributed by atoms with E-state index in [4.69, 9.17) is 0 Å². The van der Waals surface area contributed by atoms with Crippen LogP contribution in [0.2, 0.25) is 0 Å². The van der Waals surface area contributed by atoms with E-state index < -0.39 is 5.41 Å². The van der Waals surface area contributed by atoms with Gasteiger partial charge in [0.15, 0.2) is 0 Å². The Morgan fingerprint density at radius 1 is 1.26 bits per heavy atom. The lowest BCUT2D eigenvalue weighted by molar-refractivity contribution is -0.136. The maximum absolute atomic E-state index is 13.1. The zero-order chi connectivity index (χ0) is 19.0. The summed E-state index contributed by atoms with van der Waals surface area (Å²) in [7, 11) is 1.86. The van der Waals surface area contributed by atoms with Crippen LogP contribution in [-0.4, -0.2) is 56.0 Å². The number of aromatic nitrogens is 3. The lowest BCUT2D eigenvalue weighted by atomic mass is 9.85. The smallest absolute Gasteiger partial charge is 0.231 e. The van der Waals surface area contributed by atoms with Crippen molar-refractivity contribution in [1.29, 1.82) is 0 Å². The number of amides is 2. The number of likely N-dealkylation sites (tertiary alicyclic amines) is 2. The van der Waals surface area contributed by atoms with E-state index in [1.54, 1.807) is 10.9 Å². The second kappa shape index (κ2) is 6.79. The lowest BCUT2D eigenvalue weighted by Gasteiger charge is -2.23. The summed E-state index contributed by atoms with van der Waals surface area (Å²) in [5, 5.41) is 4.30. The Bertz CT molecular complexity index is 863. The Labute approximate surface area is 159 Å². The molecule has 2 aromatic heterocycles. The van der Waals surface area contributed by atoms with Gasteiger partial charge in [0.05, 0.1) is 29.8 Å². The molecule has 1 spiro atoms. The molecule has 7 nitrogen and oxygen atoms in total. The molecule has 4 rings (SSSR count). The van der Waals surface area contributed by atoms with Gasteiger partial charge >= 0.3 is 0 Å². The van der Waals surface area contributed by atoms with Crippen LogP contribution < -0.4 is 0 Å². The number of nitrogens with zero attached hydrogens (tertiary/aromatic N) is 5. The van der Waals surface area contributed by atoms with Gasteiger partial charge in [-0.2, -0.15) is 5.10 Å². The van der Waals surface area contributed by atoms with Crippen LogP contribution in [0.1, 0.15) is 29.8 Å². The number of pyridine rings is 1.